The molecule has 0 unspecified atom stereocenters. The van der Waals surface area contributed by atoms with E-state index in [0.717, 1.165) is 17.7 Å². The largest absolute Gasteiger partial charge is 0.493 e. The Morgan fingerprint density at radius 1 is 1.07 bits per heavy atom. The standard InChI is InChI=1S/C20H23F3N2O3/c1-13(19(26)24-16-8-6-15(7-9-16)20(21,22)23)25(2)12-14-5-10-17(27-3)18(11-14)28-4/h5-11,13H,12H2,1-4H3,(H,24,26)/t13-/m0/s1. The van der Waals surface area contributed by atoms with Crippen LogP contribution in [-0.4, -0.2) is 38.1 Å². The molecule has 0 saturated carbocycles. The molecule has 0 saturated heterocycles. The Morgan fingerprint density at radius 2 is 1.68 bits per heavy atom. The van der Waals surface area contributed by atoms with Crippen LogP contribution in [0.25, 0.3) is 0 Å². The molecule has 2 rings (SSSR count). The number of ether oxygens (including phenoxy) is 2. The van der Waals surface area contributed by atoms with Crippen LogP contribution in [-0.2, 0) is 17.5 Å². The molecular weight excluding hydrogens is 373 g/mol. The number of halogens is 3. The fourth-order valence-electron chi connectivity index (χ4n) is 2.59. The number of nitrogens with one attached hydrogen (secondary N) is 1. The first-order valence-electron chi connectivity index (χ1n) is 8.55. The summed E-state index contributed by atoms with van der Waals surface area (Å²) in [7, 11) is 4.89. The topological polar surface area (TPSA) is 50.8 Å². The maximum absolute atomic E-state index is 12.6. The molecule has 0 aromatic heterocycles. The van der Waals surface area contributed by atoms with E-state index in [2.05, 4.69) is 5.32 Å². The van der Waals surface area contributed by atoms with Crippen LogP contribution < -0.4 is 14.8 Å². The van der Waals surface area contributed by atoms with Crippen LogP contribution in [0.3, 0.4) is 0 Å². The zero-order valence-electron chi connectivity index (χ0n) is 16.1. The minimum atomic E-state index is -4.41. The normalized spacial score (nSPS) is 12.6. The van der Waals surface area contributed by atoms with Crippen LogP contribution in [0, 0.1) is 0 Å². The summed E-state index contributed by atoms with van der Waals surface area (Å²) in [4.78, 5) is 14.2. The second kappa shape index (κ2) is 8.97. The summed E-state index contributed by atoms with van der Waals surface area (Å²) in [5.74, 6) is 0.889. The predicted octanol–water partition coefficient (Wildman–Crippen LogP) is 4.18. The fourth-order valence-corrected chi connectivity index (χ4v) is 2.59. The molecule has 1 amide bonds. The van der Waals surface area contributed by atoms with E-state index in [9.17, 15) is 18.0 Å². The molecule has 28 heavy (non-hydrogen) atoms. The molecule has 0 aliphatic rings. The first-order chi connectivity index (χ1) is 13.2. The van der Waals surface area contributed by atoms with Crippen molar-refractivity contribution >= 4 is 11.6 Å². The third kappa shape index (κ3) is 5.39. The van der Waals surface area contributed by atoms with Crippen molar-refractivity contribution in [3.8, 4) is 11.5 Å². The Hall–Kier alpha value is -2.74. The third-order valence-corrected chi connectivity index (χ3v) is 4.40. The van der Waals surface area contributed by atoms with Gasteiger partial charge in [0.1, 0.15) is 0 Å². The van der Waals surface area contributed by atoms with Crippen LogP contribution >= 0.6 is 0 Å². The highest BCUT2D eigenvalue weighted by Crippen LogP contribution is 2.30. The Kier molecular flexibility index (Phi) is 6.90. The lowest BCUT2D eigenvalue weighted by atomic mass is 10.1. The van der Waals surface area contributed by atoms with Gasteiger partial charge in [-0.05, 0) is 55.9 Å². The summed E-state index contributed by atoms with van der Waals surface area (Å²) in [5, 5.41) is 2.64. The lowest BCUT2D eigenvalue weighted by Gasteiger charge is -2.24. The first kappa shape index (κ1) is 21.6. The van der Waals surface area contributed by atoms with Gasteiger partial charge >= 0.3 is 6.18 Å². The van der Waals surface area contributed by atoms with Crippen molar-refractivity contribution in [3.63, 3.8) is 0 Å². The number of nitrogens with zero attached hydrogens (tertiary/aromatic N) is 1. The number of hydrogen-bond acceptors (Lipinski definition) is 4. The lowest BCUT2D eigenvalue weighted by Crippen LogP contribution is -2.39. The van der Waals surface area contributed by atoms with Crippen molar-refractivity contribution in [2.24, 2.45) is 0 Å². The number of carbonyl (C=O) groups excluding carboxylic acids is 1. The van der Waals surface area contributed by atoms with Crippen LogP contribution in [0.4, 0.5) is 18.9 Å². The molecule has 0 radical (unpaired) electrons. The molecule has 0 heterocycles. The van der Waals surface area contributed by atoms with Gasteiger partial charge in [0.25, 0.3) is 0 Å². The van der Waals surface area contributed by atoms with Gasteiger partial charge in [-0.15, -0.1) is 0 Å². The maximum atomic E-state index is 12.6. The molecule has 1 atom stereocenters. The van der Waals surface area contributed by atoms with Gasteiger partial charge in [-0.2, -0.15) is 13.2 Å². The molecule has 1 N–H and O–H groups in total. The van der Waals surface area contributed by atoms with E-state index in [1.54, 1.807) is 34.3 Å². The monoisotopic (exact) mass is 396 g/mol. The maximum Gasteiger partial charge on any atom is 0.416 e. The van der Waals surface area contributed by atoms with Gasteiger partial charge in [0.2, 0.25) is 5.91 Å². The SMILES string of the molecule is COc1ccc(CN(C)[C@@H](C)C(=O)Nc2ccc(C(F)(F)F)cc2)cc1OC. The summed E-state index contributed by atoms with van der Waals surface area (Å²) >= 11 is 0. The smallest absolute Gasteiger partial charge is 0.416 e. The summed E-state index contributed by atoms with van der Waals surface area (Å²) < 4.78 is 48.3. The highest BCUT2D eigenvalue weighted by Gasteiger charge is 2.30. The molecule has 0 aliphatic carbocycles. The number of rotatable bonds is 7. The van der Waals surface area contributed by atoms with Crippen molar-refractivity contribution in [2.45, 2.75) is 25.7 Å². The predicted molar refractivity (Wildman–Crippen MR) is 101 cm³/mol. The van der Waals surface area contributed by atoms with E-state index < -0.39 is 17.8 Å². The Bertz CT molecular complexity index is 807. The number of hydrogen-bond donors (Lipinski definition) is 1. The average Bonchev–Trinajstić information content (AvgIpc) is 2.66. The zero-order chi connectivity index (χ0) is 20.9. The van der Waals surface area contributed by atoms with E-state index in [1.165, 1.54) is 12.1 Å². The summed E-state index contributed by atoms with van der Waals surface area (Å²) in [6.07, 6.45) is -4.41. The zero-order valence-corrected chi connectivity index (χ0v) is 16.1. The Morgan fingerprint density at radius 3 is 2.21 bits per heavy atom. The van der Waals surface area contributed by atoms with Gasteiger partial charge in [-0.3, -0.25) is 9.69 Å². The van der Waals surface area contributed by atoms with Crippen molar-refractivity contribution in [1.29, 1.82) is 0 Å². The minimum Gasteiger partial charge on any atom is -0.493 e. The van der Waals surface area contributed by atoms with Gasteiger partial charge in [0, 0.05) is 12.2 Å². The number of amides is 1. The van der Waals surface area contributed by atoms with E-state index in [4.69, 9.17) is 9.47 Å². The van der Waals surface area contributed by atoms with Crippen molar-refractivity contribution in [1.82, 2.24) is 4.90 Å². The number of alkyl halides is 3. The molecule has 8 heteroatoms. The van der Waals surface area contributed by atoms with Crippen LogP contribution in [0.15, 0.2) is 42.5 Å². The van der Waals surface area contributed by atoms with Gasteiger partial charge in [0.05, 0.1) is 25.8 Å². The molecule has 152 valence electrons. The van der Waals surface area contributed by atoms with Crippen molar-refractivity contribution in [2.75, 3.05) is 26.6 Å². The average molecular weight is 396 g/mol. The van der Waals surface area contributed by atoms with Gasteiger partial charge < -0.3 is 14.8 Å². The molecule has 0 spiro atoms. The van der Waals surface area contributed by atoms with Crippen LogP contribution in [0.2, 0.25) is 0 Å². The number of methoxy groups -OCH3 is 2. The molecule has 0 bridgehead atoms. The quantitative estimate of drug-likeness (QED) is 0.763. The molecule has 0 aliphatic heterocycles. The molecular formula is C20H23F3N2O3. The minimum absolute atomic E-state index is 0.310. The van der Waals surface area contributed by atoms with E-state index >= 15 is 0 Å². The highest BCUT2D eigenvalue weighted by atomic mass is 19.4. The van der Waals surface area contributed by atoms with Crippen LogP contribution in [0.5, 0.6) is 11.5 Å². The Labute approximate surface area is 162 Å². The Balaban J connectivity index is 2.00. The number of likely N-dealkylation sites (N-methyl/N-ethyl adjacent to an activating group) is 1. The summed E-state index contributed by atoms with van der Waals surface area (Å²) in [5.41, 5.74) is 0.475. The van der Waals surface area contributed by atoms with E-state index in [1.807, 2.05) is 17.0 Å². The summed E-state index contributed by atoms with van der Waals surface area (Å²) in [6, 6.07) is 9.34. The molecule has 2 aromatic rings. The molecule has 2 aromatic carbocycles. The number of benzene rings is 2. The van der Waals surface area contributed by atoms with Gasteiger partial charge in [0.15, 0.2) is 11.5 Å². The van der Waals surface area contributed by atoms with Crippen molar-refractivity contribution in [3.05, 3.63) is 53.6 Å². The molecule has 0 fully saturated rings. The fraction of sp³-hybridized carbons (Fsp3) is 0.350. The lowest BCUT2D eigenvalue weighted by molar-refractivity contribution is -0.137. The van der Waals surface area contributed by atoms with Gasteiger partial charge in [-0.1, -0.05) is 6.07 Å². The van der Waals surface area contributed by atoms with E-state index in [0.29, 0.717) is 23.7 Å². The number of carbonyl (C=O) groups is 1. The van der Waals surface area contributed by atoms with E-state index in [-0.39, 0.29) is 5.91 Å². The van der Waals surface area contributed by atoms with Gasteiger partial charge in [-0.25, -0.2) is 0 Å². The highest BCUT2D eigenvalue weighted by molar-refractivity contribution is 5.94. The van der Waals surface area contributed by atoms with Crippen LogP contribution in [0.1, 0.15) is 18.1 Å². The molecule has 5 nitrogen and oxygen atoms in total. The third-order valence-electron chi connectivity index (χ3n) is 4.40. The van der Waals surface area contributed by atoms with Crippen molar-refractivity contribution < 1.29 is 27.4 Å². The second-order valence-electron chi connectivity index (χ2n) is 6.34. The second-order valence-corrected chi connectivity index (χ2v) is 6.34. The number of anilines is 1. The summed E-state index contributed by atoms with van der Waals surface area (Å²) in [6.45, 7) is 2.20. The first-order valence-corrected chi connectivity index (χ1v) is 8.55.